The molecule has 0 bridgehead atoms. The molecule has 0 saturated heterocycles. The van der Waals surface area contributed by atoms with Crippen LogP contribution in [0.5, 0.6) is 11.5 Å². The van der Waals surface area contributed by atoms with Gasteiger partial charge in [0.05, 0.1) is 14.2 Å². The summed E-state index contributed by atoms with van der Waals surface area (Å²) in [7, 11) is -1.18. The summed E-state index contributed by atoms with van der Waals surface area (Å²) in [5, 5.41) is 4.15. The van der Waals surface area contributed by atoms with Crippen LogP contribution in [0, 0.1) is 0 Å². The van der Waals surface area contributed by atoms with Crippen molar-refractivity contribution >= 4 is 38.5 Å². The summed E-state index contributed by atoms with van der Waals surface area (Å²) in [6, 6.07) is 6.40. The van der Waals surface area contributed by atoms with Crippen LogP contribution < -0.4 is 14.2 Å². The van der Waals surface area contributed by atoms with Gasteiger partial charge in [-0.3, -0.25) is 4.72 Å². The number of nitrogens with zero attached hydrogens (tertiary/aromatic N) is 2. The van der Waals surface area contributed by atoms with Gasteiger partial charge in [-0.05, 0) is 24.1 Å². The van der Waals surface area contributed by atoms with Crippen LogP contribution in [-0.4, -0.2) is 32.8 Å². The average molecular weight is 398 g/mol. The third-order valence-corrected chi connectivity index (χ3v) is 5.31. The second kappa shape index (κ2) is 7.00. The first-order chi connectivity index (χ1) is 12.4. The molecular formula is C16H16ClN3O5S. The molecule has 0 unspecified atom stereocenters. The Bertz CT molecular complexity index is 1070. The SMILES string of the molecule is CCc1ccc(OC)c(S(=O)(=O)Nc2noc3nc(Cl)cc(OC)c23)c1. The second-order valence-electron chi connectivity index (χ2n) is 5.30. The summed E-state index contributed by atoms with van der Waals surface area (Å²) in [5.74, 6) is 0.453. The van der Waals surface area contributed by atoms with Crippen LogP contribution in [0.2, 0.25) is 5.15 Å². The highest BCUT2D eigenvalue weighted by atomic mass is 35.5. The van der Waals surface area contributed by atoms with Crippen LogP contribution in [0.1, 0.15) is 12.5 Å². The molecular weight excluding hydrogens is 382 g/mol. The summed E-state index contributed by atoms with van der Waals surface area (Å²) in [6.07, 6.45) is 0.676. The number of sulfonamides is 1. The number of pyridine rings is 1. The lowest BCUT2D eigenvalue weighted by molar-refractivity contribution is 0.402. The fraction of sp³-hybridized carbons (Fsp3) is 0.250. The number of anilines is 1. The summed E-state index contributed by atoms with van der Waals surface area (Å²) in [4.78, 5) is 3.96. The standard InChI is InChI=1S/C16H16ClN3O5S/c1-4-9-5-6-10(23-2)12(7-9)26(21,22)20-15-14-11(24-3)8-13(17)18-16(14)25-19-15/h5-8H,4H2,1-3H3,(H,19,20). The molecule has 26 heavy (non-hydrogen) atoms. The fourth-order valence-electron chi connectivity index (χ4n) is 2.45. The molecule has 0 amide bonds. The van der Waals surface area contributed by atoms with Crippen LogP contribution in [0.4, 0.5) is 5.82 Å². The Kier molecular flexibility index (Phi) is 4.92. The highest BCUT2D eigenvalue weighted by Gasteiger charge is 2.25. The Morgan fingerprint density at radius 2 is 1.92 bits per heavy atom. The zero-order chi connectivity index (χ0) is 18.9. The van der Waals surface area contributed by atoms with Gasteiger partial charge in [0.15, 0.2) is 5.82 Å². The van der Waals surface area contributed by atoms with Gasteiger partial charge in [-0.25, -0.2) is 8.42 Å². The highest BCUT2D eigenvalue weighted by molar-refractivity contribution is 7.92. The monoisotopic (exact) mass is 397 g/mol. The first-order valence-electron chi connectivity index (χ1n) is 7.59. The summed E-state index contributed by atoms with van der Waals surface area (Å²) in [6.45, 7) is 1.93. The molecule has 0 radical (unpaired) electrons. The van der Waals surface area contributed by atoms with E-state index in [1.165, 1.54) is 20.3 Å². The molecule has 0 atom stereocenters. The minimum absolute atomic E-state index is 0.00334. The molecule has 0 spiro atoms. The summed E-state index contributed by atoms with van der Waals surface area (Å²) >= 11 is 5.88. The van der Waals surface area contributed by atoms with E-state index < -0.39 is 10.0 Å². The number of benzene rings is 1. The van der Waals surface area contributed by atoms with E-state index in [4.69, 9.17) is 25.6 Å². The Morgan fingerprint density at radius 1 is 1.19 bits per heavy atom. The predicted molar refractivity (Wildman–Crippen MR) is 96.5 cm³/mol. The molecule has 2 heterocycles. The van der Waals surface area contributed by atoms with Gasteiger partial charge in [-0.1, -0.05) is 29.7 Å². The number of ether oxygens (including phenoxy) is 2. The molecule has 0 aliphatic carbocycles. The van der Waals surface area contributed by atoms with Gasteiger partial charge in [-0.15, -0.1) is 0 Å². The van der Waals surface area contributed by atoms with Crippen LogP contribution in [-0.2, 0) is 16.4 Å². The van der Waals surface area contributed by atoms with Crippen molar-refractivity contribution in [1.29, 1.82) is 0 Å². The number of fused-ring (bicyclic) bond motifs is 1. The number of halogens is 1. The molecule has 10 heteroatoms. The minimum atomic E-state index is -4.00. The van der Waals surface area contributed by atoms with E-state index in [1.54, 1.807) is 18.2 Å². The first-order valence-corrected chi connectivity index (χ1v) is 9.45. The van der Waals surface area contributed by atoms with Gasteiger partial charge in [0, 0.05) is 6.07 Å². The van der Waals surface area contributed by atoms with E-state index in [0.29, 0.717) is 6.42 Å². The highest BCUT2D eigenvalue weighted by Crippen LogP contribution is 2.35. The van der Waals surface area contributed by atoms with E-state index in [1.807, 2.05) is 6.92 Å². The first kappa shape index (κ1) is 18.3. The third-order valence-electron chi connectivity index (χ3n) is 3.76. The van der Waals surface area contributed by atoms with Crippen molar-refractivity contribution in [2.75, 3.05) is 18.9 Å². The van der Waals surface area contributed by atoms with E-state index in [2.05, 4.69) is 14.9 Å². The zero-order valence-corrected chi connectivity index (χ0v) is 15.8. The Balaban J connectivity index is 2.10. The van der Waals surface area contributed by atoms with Gasteiger partial charge in [-0.2, -0.15) is 4.98 Å². The molecule has 3 rings (SSSR count). The number of nitrogens with one attached hydrogen (secondary N) is 1. The smallest absolute Gasteiger partial charge is 0.266 e. The summed E-state index contributed by atoms with van der Waals surface area (Å²) in [5.41, 5.74) is 0.906. The minimum Gasteiger partial charge on any atom is -0.496 e. The van der Waals surface area contributed by atoms with Crippen molar-refractivity contribution < 1.29 is 22.4 Å². The van der Waals surface area contributed by atoms with Gasteiger partial charge < -0.3 is 14.0 Å². The fourth-order valence-corrected chi connectivity index (χ4v) is 3.86. The van der Waals surface area contributed by atoms with Gasteiger partial charge in [0.2, 0.25) is 0 Å². The molecule has 0 aliphatic rings. The van der Waals surface area contributed by atoms with E-state index in [9.17, 15) is 8.42 Å². The molecule has 138 valence electrons. The predicted octanol–water partition coefficient (Wildman–Crippen LogP) is 3.26. The molecule has 0 saturated carbocycles. The third kappa shape index (κ3) is 3.27. The van der Waals surface area contributed by atoms with Gasteiger partial charge in [0.1, 0.15) is 26.9 Å². The average Bonchev–Trinajstić information content (AvgIpc) is 3.02. The van der Waals surface area contributed by atoms with Crippen molar-refractivity contribution in [3.63, 3.8) is 0 Å². The largest absolute Gasteiger partial charge is 0.496 e. The number of aryl methyl sites for hydroxylation is 1. The number of rotatable bonds is 6. The molecule has 1 aromatic carbocycles. The van der Waals surface area contributed by atoms with Gasteiger partial charge in [0.25, 0.3) is 15.7 Å². The Morgan fingerprint density at radius 3 is 2.58 bits per heavy atom. The second-order valence-corrected chi connectivity index (χ2v) is 7.34. The molecule has 0 aliphatic heterocycles. The molecule has 0 fully saturated rings. The molecule has 1 N–H and O–H groups in total. The lowest BCUT2D eigenvalue weighted by Crippen LogP contribution is -2.15. The molecule has 3 aromatic rings. The van der Waals surface area contributed by atoms with Crippen molar-refractivity contribution in [3.8, 4) is 11.5 Å². The van der Waals surface area contributed by atoms with Crippen molar-refractivity contribution in [3.05, 3.63) is 35.0 Å². The van der Waals surface area contributed by atoms with E-state index >= 15 is 0 Å². The van der Waals surface area contributed by atoms with Crippen LogP contribution >= 0.6 is 11.6 Å². The summed E-state index contributed by atoms with van der Waals surface area (Å²) < 4.78 is 43.7. The van der Waals surface area contributed by atoms with Crippen LogP contribution in [0.25, 0.3) is 11.1 Å². The lowest BCUT2D eigenvalue weighted by Gasteiger charge is -2.12. The van der Waals surface area contributed by atoms with Crippen molar-refractivity contribution in [2.45, 2.75) is 18.2 Å². The quantitative estimate of drug-likeness (QED) is 0.636. The zero-order valence-electron chi connectivity index (χ0n) is 14.2. The Labute approximate surface area is 155 Å². The maximum Gasteiger partial charge on any atom is 0.266 e. The van der Waals surface area contributed by atoms with E-state index in [-0.39, 0.29) is 38.5 Å². The number of aromatic nitrogens is 2. The Hall–Kier alpha value is -2.52. The van der Waals surface area contributed by atoms with Crippen LogP contribution in [0.3, 0.4) is 0 Å². The number of methoxy groups -OCH3 is 2. The normalized spacial score (nSPS) is 11.5. The lowest BCUT2D eigenvalue weighted by atomic mass is 10.2. The maximum absolute atomic E-state index is 12.9. The van der Waals surface area contributed by atoms with E-state index in [0.717, 1.165) is 5.56 Å². The van der Waals surface area contributed by atoms with Crippen molar-refractivity contribution in [2.24, 2.45) is 0 Å². The molecule has 2 aromatic heterocycles. The molecule has 8 nitrogen and oxygen atoms in total. The maximum atomic E-state index is 12.9. The number of hydrogen-bond donors (Lipinski definition) is 1. The van der Waals surface area contributed by atoms with Crippen molar-refractivity contribution in [1.82, 2.24) is 10.1 Å². The van der Waals surface area contributed by atoms with Gasteiger partial charge >= 0.3 is 0 Å². The van der Waals surface area contributed by atoms with Crippen LogP contribution in [0.15, 0.2) is 33.7 Å². The number of hydrogen-bond acceptors (Lipinski definition) is 7. The topological polar surface area (TPSA) is 104 Å².